The minimum atomic E-state index is -3.04. The zero-order valence-electron chi connectivity index (χ0n) is 13.9. The third kappa shape index (κ3) is 4.13. The van der Waals surface area contributed by atoms with Gasteiger partial charge >= 0.3 is 0 Å². The highest BCUT2D eigenvalue weighted by Gasteiger charge is 2.30. The second-order valence-corrected chi connectivity index (χ2v) is 9.97. The van der Waals surface area contributed by atoms with Gasteiger partial charge in [0.2, 0.25) is 11.1 Å². The molecule has 0 aliphatic carbocycles. The van der Waals surface area contributed by atoms with E-state index in [0.717, 1.165) is 11.8 Å². The van der Waals surface area contributed by atoms with Crippen molar-refractivity contribution in [3.63, 3.8) is 0 Å². The lowest BCUT2D eigenvalue weighted by molar-refractivity contribution is -0.120. The molecule has 0 unspecified atom stereocenters. The van der Waals surface area contributed by atoms with Gasteiger partial charge in [-0.2, -0.15) is 0 Å². The Morgan fingerprint density at radius 1 is 1.42 bits per heavy atom. The van der Waals surface area contributed by atoms with Crippen LogP contribution >= 0.6 is 23.4 Å². The summed E-state index contributed by atoms with van der Waals surface area (Å²) < 4.78 is 24.3. The third-order valence-electron chi connectivity index (χ3n) is 4.01. The molecule has 140 valence electrons. The number of carbonyl (C=O) groups excluding carboxylic acids is 1. The molecule has 1 aromatic heterocycles. The van der Waals surface area contributed by atoms with Crippen LogP contribution in [0.1, 0.15) is 13.3 Å². The summed E-state index contributed by atoms with van der Waals surface area (Å²) in [6.07, 6.45) is 0.440. The van der Waals surface area contributed by atoms with E-state index in [-0.39, 0.29) is 23.5 Å². The van der Waals surface area contributed by atoms with Crippen LogP contribution in [-0.2, 0) is 14.6 Å². The first kappa shape index (κ1) is 19.0. The number of nitrogens with one attached hydrogen (secondary N) is 1. The van der Waals surface area contributed by atoms with Crippen molar-refractivity contribution in [1.29, 1.82) is 0 Å². The number of hydrogen-bond acceptors (Lipinski definition) is 7. The number of hydrogen-bond donors (Lipinski definition) is 2. The lowest BCUT2D eigenvalue weighted by Crippen LogP contribution is -2.40. The van der Waals surface area contributed by atoms with Gasteiger partial charge in [0.15, 0.2) is 15.7 Å². The maximum Gasteiger partial charge on any atom is 0.233 e. The molecule has 1 aromatic carbocycles. The molecule has 1 fully saturated rings. The van der Waals surface area contributed by atoms with Crippen molar-refractivity contribution in [3.05, 3.63) is 29.3 Å². The smallest absolute Gasteiger partial charge is 0.233 e. The summed E-state index contributed by atoms with van der Waals surface area (Å²) in [5.41, 5.74) is 0.643. The van der Waals surface area contributed by atoms with E-state index in [9.17, 15) is 13.2 Å². The molecule has 8 nitrogen and oxygen atoms in total. The fourth-order valence-electron chi connectivity index (χ4n) is 2.62. The van der Waals surface area contributed by atoms with Crippen LogP contribution in [0.5, 0.6) is 0 Å². The number of amides is 1. The van der Waals surface area contributed by atoms with Gasteiger partial charge in [0, 0.05) is 11.6 Å². The molecule has 2 atom stereocenters. The van der Waals surface area contributed by atoms with E-state index in [1.165, 1.54) is 4.68 Å². The van der Waals surface area contributed by atoms with Gasteiger partial charge in [-0.25, -0.2) is 13.1 Å². The molecule has 3 N–H and O–H groups in total. The molecule has 0 saturated carbocycles. The lowest BCUT2D eigenvalue weighted by Gasteiger charge is -2.15. The largest absolute Gasteiger partial charge is 0.351 e. The maximum atomic E-state index is 12.3. The van der Waals surface area contributed by atoms with Crippen molar-refractivity contribution >= 4 is 39.1 Å². The highest BCUT2D eigenvalue weighted by atomic mass is 35.5. The number of nitrogens with two attached hydrogens (primary N) is 1. The topological polar surface area (TPSA) is 120 Å². The summed E-state index contributed by atoms with van der Waals surface area (Å²) in [5.74, 6) is 6.28. The fourth-order valence-corrected chi connectivity index (χ4v) is 5.30. The Morgan fingerprint density at radius 3 is 2.81 bits per heavy atom. The number of nitrogens with zero attached hydrogens (tertiary/aromatic N) is 3. The minimum absolute atomic E-state index is 0.0140. The van der Waals surface area contributed by atoms with Gasteiger partial charge in [0.05, 0.1) is 21.8 Å². The van der Waals surface area contributed by atoms with E-state index in [1.807, 2.05) is 6.07 Å². The fraction of sp³-hybridized carbons (Fsp3) is 0.400. The molecule has 0 spiro atoms. The number of carbonyl (C=O) groups is 1. The van der Waals surface area contributed by atoms with Gasteiger partial charge < -0.3 is 11.2 Å². The van der Waals surface area contributed by atoms with E-state index in [4.69, 9.17) is 17.4 Å². The van der Waals surface area contributed by atoms with Crippen molar-refractivity contribution in [2.45, 2.75) is 29.8 Å². The van der Waals surface area contributed by atoms with Crippen LogP contribution in [0, 0.1) is 0 Å². The average molecular weight is 416 g/mol. The van der Waals surface area contributed by atoms with Crippen molar-refractivity contribution in [2.24, 2.45) is 0 Å². The number of rotatable bonds is 5. The van der Waals surface area contributed by atoms with Gasteiger partial charge in [-0.15, -0.1) is 10.2 Å². The maximum absolute atomic E-state index is 12.3. The summed E-state index contributed by atoms with van der Waals surface area (Å²) in [5, 5.41) is 11.2. The number of aromatic nitrogens is 3. The number of sulfone groups is 1. The van der Waals surface area contributed by atoms with Crippen molar-refractivity contribution in [2.75, 3.05) is 17.3 Å². The van der Waals surface area contributed by atoms with Crippen LogP contribution < -0.4 is 11.2 Å². The van der Waals surface area contributed by atoms with Crippen LogP contribution in [0.25, 0.3) is 11.4 Å². The number of halogens is 1. The zero-order chi connectivity index (χ0) is 18.9. The molecule has 1 aliphatic rings. The summed E-state index contributed by atoms with van der Waals surface area (Å²) >= 11 is 7.30. The number of benzene rings is 1. The van der Waals surface area contributed by atoms with Crippen LogP contribution in [0.15, 0.2) is 29.4 Å². The number of nitrogen functional groups attached to an aromatic ring is 1. The lowest BCUT2D eigenvalue weighted by atomic mass is 10.2. The monoisotopic (exact) mass is 415 g/mol. The highest BCUT2D eigenvalue weighted by Crippen LogP contribution is 2.29. The highest BCUT2D eigenvalue weighted by molar-refractivity contribution is 8.00. The van der Waals surface area contributed by atoms with Gasteiger partial charge in [-0.1, -0.05) is 35.5 Å². The molecule has 1 amide bonds. The van der Waals surface area contributed by atoms with E-state index < -0.39 is 15.1 Å². The minimum Gasteiger partial charge on any atom is -0.351 e. The van der Waals surface area contributed by atoms with Crippen molar-refractivity contribution in [1.82, 2.24) is 20.2 Å². The summed E-state index contributed by atoms with van der Waals surface area (Å²) in [4.78, 5) is 12.3. The molecule has 1 aliphatic heterocycles. The Labute approximate surface area is 160 Å². The second kappa shape index (κ2) is 7.45. The Kier molecular flexibility index (Phi) is 5.44. The first-order chi connectivity index (χ1) is 12.3. The quantitative estimate of drug-likeness (QED) is 0.554. The molecule has 11 heteroatoms. The van der Waals surface area contributed by atoms with Crippen LogP contribution in [-0.4, -0.2) is 52.0 Å². The molecule has 2 aromatic rings. The SMILES string of the molecule is C[C@H](Sc1nnc(-c2ccccc2Cl)n1N)C(=O)N[C@H]1CCS(=O)(=O)C1. The number of thioether (sulfide) groups is 1. The van der Waals surface area contributed by atoms with E-state index in [1.54, 1.807) is 25.1 Å². The first-order valence-electron chi connectivity index (χ1n) is 7.89. The van der Waals surface area contributed by atoms with Gasteiger partial charge in [0.1, 0.15) is 0 Å². The summed E-state index contributed by atoms with van der Waals surface area (Å²) in [7, 11) is -3.04. The Hall–Kier alpha value is -1.78. The predicted octanol–water partition coefficient (Wildman–Crippen LogP) is 1.10. The van der Waals surface area contributed by atoms with Crippen molar-refractivity contribution in [3.8, 4) is 11.4 Å². The second-order valence-electron chi connectivity index (χ2n) is 6.02. The molecule has 1 saturated heterocycles. The van der Waals surface area contributed by atoms with E-state index in [0.29, 0.717) is 28.0 Å². The first-order valence-corrected chi connectivity index (χ1v) is 11.0. The van der Waals surface area contributed by atoms with Gasteiger partial charge in [0.25, 0.3) is 0 Å². The molecule has 2 heterocycles. The molecular formula is C15H18ClN5O3S2. The molecule has 0 radical (unpaired) electrons. The molecule has 0 bridgehead atoms. The average Bonchev–Trinajstić information content (AvgIpc) is 3.10. The Bertz CT molecular complexity index is 931. The van der Waals surface area contributed by atoms with Crippen LogP contribution in [0.3, 0.4) is 0 Å². The summed E-state index contributed by atoms with van der Waals surface area (Å²) in [6.45, 7) is 1.70. The third-order valence-corrected chi connectivity index (χ3v) is 7.16. The van der Waals surface area contributed by atoms with Crippen LogP contribution in [0.4, 0.5) is 0 Å². The van der Waals surface area contributed by atoms with Gasteiger partial charge in [-0.3, -0.25) is 4.79 Å². The van der Waals surface area contributed by atoms with E-state index >= 15 is 0 Å². The zero-order valence-corrected chi connectivity index (χ0v) is 16.3. The van der Waals surface area contributed by atoms with Crippen LogP contribution in [0.2, 0.25) is 5.02 Å². The molecule has 3 rings (SSSR count). The van der Waals surface area contributed by atoms with Crippen molar-refractivity contribution < 1.29 is 13.2 Å². The summed E-state index contributed by atoms with van der Waals surface area (Å²) in [6, 6.07) is 6.78. The normalized spacial score (nSPS) is 20.0. The van der Waals surface area contributed by atoms with Gasteiger partial charge in [-0.05, 0) is 25.5 Å². The molecule has 26 heavy (non-hydrogen) atoms. The predicted molar refractivity (Wildman–Crippen MR) is 101 cm³/mol. The van der Waals surface area contributed by atoms with E-state index in [2.05, 4.69) is 15.5 Å². The standard InChI is InChI=1S/C15H18ClN5O3S2/c1-9(14(22)18-10-6-7-26(23,24)8-10)25-15-20-19-13(21(15)17)11-4-2-3-5-12(11)16/h2-5,9-10H,6-8,17H2,1H3,(H,18,22)/t9-,10-/m0/s1. The Balaban J connectivity index is 1.67. The molecular weight excluding hydrogens is 398 g/mol. The Morgan fingerprint density at radius 2 is 2.15 bits per heavy atom.